The highest BCUT2D eigenvalue weighted by atomic mass is 16.3. The van der Waals surface area contributed by atoms with Crippen LogP contribution >= 0.6 is 0 Å². The van der Waals surface area contributed by atoms with Gasteiger partial charge in [-0.05, 0) is 31.9 Å². The molecule has 2 aliphatic rings. The monoisotopic (exact) mass is 316 g/mol. The van der Waals surface area contributed by atoms with Crippen molar-refractivity contribution >= 4 is 17.3 Å². The predicted molar refractivity (Wildman–Crippen MR) is 82.1 cm³/mol. The summed E-state index contributed by atoms with van der Waals surface area (Å²) in [6.45, 7) is 1.77. The van der Waals surface area contributed by atoms with E-state index in [-0.39, 0.29) is 28.7 Å². The molecule has 1 atom stereocenters. The van der Waals surface area contributed by atoms with Crippen molar-refractivity contribution in [1.29, 1.82) is 0 Å². The van der Waals surface area contributed by atoms with Gasteiger partial charge in [0.2, 0.25) is 0 Å². The zero-order valence-electron chi connectivity index (χ0n) is 13.1. The second-order valence-corrected chi connectivity index (χ2v) is 6.33. The number of ketones is 3. The maximum atomic E-state index is 12.4. The largest absolute Gasteiger partial charge is 0.512 e. The van der Waals surface area contributed by atoms with E-state index in [2.05, 4.69) is 0 Å². The third-order valence-electron chi connectivity index (χ3n) is 4.68. The summed E-state index contributed by atoms with van der Waals surface area (Å²) in [7, 11) is 0. The highest BCUT2D eigenvalue weighted by molar-refractivity contribution is 6.08. The Balaban J connectivity index is 2.12. The van der Waals surface area contributed by atoms with Crippen LogP contribution in [-0.4, -0.2) is 22.5 Å². The molecule has 1 fully saturated rings. The van der Waals surface area contributed by atoms with Crippen molar-refractivity contribution in [2.75, 3.05) is 0 Å². The van der Waals surface area contributed by atoms with E-state index in [4.69, 9.17) is 4.42 Å². The minimum atomic E-state index is -0.923. The molecule has 1 heterocycles. The predicted octanol–water partition coefficient (Wildman–Crippen LogP) is 3.18. The Morgan fingerprint density at radius 3 is 2.26 bits per heavy atom. The van der Waals surface area contributed by atoms with E-state index in [9.17, 15) is 19.5 Å². The van der Waals surface area contributed by atoms with Gasteiger partial charge in [0.15, 0.2) is 5.78 Å². The number of hydrogen-bond acceptors (Lipinski definition) is 5. The summed E-state index contributed by atoms with van der Waals surface area (Å²) < 4.78 is 5.64. The van der Waals surface area contributed by atoms with Gasteiger partial charge < -0.3 is 9.52 Å². The van der Waals surface area contributed by atoms with E-state index in [1.807, 2.05) is 0 Å². The number of aliphatic hydroxyl groups is 1. The number of carbonyl (C=O) groups excluding carboxylic acids is 3. The van der Waals surface area contributed by atoms with Crippen molar-refractivity contribution in [1.82, 2.24) is 0 Å². The van der Waals surface area contributed by atoms with Gasteiger partial charge in [-0.15, -0.1) is 0 Å². The van der Waals surface area contributed by atoms with Gasteiger partial charge in [0.05, 0.1) is 17.6 Å². The molecule has 3 rings (SSSR count). The summed E-state index contributed by atoms with van der Waals surface area (Å²) in [6.07, 6.45) is 2.52. The normalized spacial score (nSPS) is 21.9. The Labute approximate surface area is 134 Å². The zero-order valence-corrected chi connectivity index (χ0v) is 13.1. The van der Waals surface area contributed by atoms with Crippen LogP contribution in [0, 0.1) is 12.8 Å². The molecule has 1 aromatic rings. The van der Waals surface area contributed by atoms with Crippen molar-refractivity contribution in [2.24, 2.45) is 5.92 Å². The van der Waals surface area contributed by atoms with E-state index >= 15 is 0 Å². The lowest BCUT2D eigenvalue weighted by Gasteiger charge is -2.30. The van der Waals surface area contributed by atoms with Crippen LogP contribution in [0.1, 0.15) is 56.0 Å². The average Bonchev–Trinajstić information content (AvgIpc) is 2.91. The Bertz CT molecular complexity index is 678. The van der Waals surface area contributed by atoms with Crippen molar-refractivity contribution in [3.8, 4) is 0 Å². The maximum Gasteiger partial charge on any atom is 0.163 e. The molecule has 1 N–H and O–H groups in total. The number of rotatable bonds is 3. The van der Waals surface area contributed by atoms with Gasteiger partial charge in [-0.2, -0.15) is 0 Å². The molecule has 1 unspecified atom stereocenters. The topological polar surface area (TPSA) is 84.6 Å². The zero-order chi connectivity index (χ0) is 16.6. The van der Waals surface area contributed by atoms with Crippen LogP contribution in [0.5, 0.6) is 0 Å². The number of aryl methyl sites for hydroxylation is 1. The fourth-order valence-corrected chi connectivity index (χ4v) is 3.59. The Morgan fingerprint density at radius 1 is 1.04 bits per heavy atom. The van der Waals surface area contributed by atoms with Gasteiger partial charge in [-0.25, -0.2) is 0 Å². The summed E-state index contributed by atoms with van der Waals surface area (Å²) in [5.74, 6) is -1.20. The molecule has 0 bridgehead atoms. The van der Waals surface area contributed by atoms with E-state index in [1.54, 1.807) is 19.1 Å². The van der Waals surface area contributed by atoms with Crippen LogP contribution in [0.25, 0.3) is 0 Å². The lowest BCUT2D eigenvalue weighted by atomic mass is 9.71. The van der Waals surface area contributed by atoms with Gasteiger partial charge in [0, 0.05) is 31.3 Å². The second-order valence-electron chi connectivity index (χ2n) is 6.33. The van der Waals surface area contributed by atoms with Crippen LogP contribution in [0.4, 0.5) is 0 Å². The molecule has 23 heavy (non-hydrogen) atoms. The molecule has 0 spiro atoms. The van der Waals surface area contributed by atoms with Gasteiger partial charge in [0.25, 0.3) is 0 Å². The Hall–Kier alpha value is -2.17. The molecule has 2 aliphatic carbocycles. The number of Topliss-reactive ketones (excluding diaryl/α,β-unsaturated/α-hetero) is 3. The molecule has 1 aromatic heterocycles. The van der Waals surface area contributed by atoms with E-state index < -0.39 is 11.8 Å². The van der Waals surface area contributed by atoms with Crippen molar-refractivity contribution in [3.63, 3.8) is 0 Å². The van der Waals surface area contributed by atoms with Crippen molar-refractivity contribution in [3.05, 3.63) is 35.0 Å². The van der Waals surface area contributed by atoms with Crippen LogP contribution in [0.15, 0.2) is 27.9 Å². The number of carbonyl (C=O) groups is 3. The smallest absolute Gasteiger partial charge is 0.163 e. The summed E-state index contributed by atoms with van der Waals surface area (Å²) in [6, 6.07) is 3.43. The molecule has 0 aliphatic heterocycles. The van der Waals surface area contributed by atoms with Crippen molar-refractivity contribution < 1.29 is 23.9 Å². The van der Waals surface area contributed by atoms with E-state index in [1.165, 1.54) is 0 Å². The highest BCUT2D eigenvalue weighted by Crippen LogP contribution is 2.41. The summed E-state index contributed by atoms with van der Waals surface area (Å²) in [4.78, 5) is 37.2. The average molecular weight is 316 g/mol. The van der Waals surface area contributed by atoms with Crippen LogP contribution in [0.2, 0.25) is 0 Å². The van der Waals surface area contributed by atoms with Gasteiger partial charge in [-0.1, -0.05) is 0 Å². The van der Waals surface area contributed by atoms with Gasteiger partial charge in [-0.3, -0.25) is 14.4 Å². The first-order valence-electron chi connectivity index (χ1n) is 8.06. The summed E-state index contributed by atoms with van der Waals surface area (Å²) >= 11 is 0. The lowest BCUT2D eigenvalue weighted by Crippen LogP contribution is -2.36. The highest BCUT2D eigenvalue weighted by Gasteiger charge is 2.44. The lowest BCUT2D eigenvalue weighted by molar-refractivity contribution is -0.136. The van der Waals surface area contributed by atoms with Crippen LogP contribution in [0.3, 0.4) is 0 Å². The first-order chi connectivity index (χ1) is 11.0. The summed E-state index contributed by atoms with van der Waals surface area (Å²) in [5.41, 5.74) is 0.194. The number of furan rings is 1. The molecule has 5 nitrogen and oxygen atoms in total. The van der Waals surface area contributed by atoms with Crippen LogP contribution in [-0.2, 0) is 14.4 Å². The quantitative estimate of drug-likeness (QED) is 0.866. The Kier molecular flexibility index (Phi) is 4.20. The molecular formula is C18H20O5. The third-order valence-corrected chi connectivity index (χ3v) is 4.68. The number of allylic oxidation sites excluding steroid dienone is 2. The first kappa shape index (κ1) is 15.7. The molecule has 5 heteroatoms. The molecule has 0 radical (unpaired) electrons. The summed E-state index contributed by atoms with van der Waals surface area (Å²) in [5, 5.41) is 10.3. The van der Waals surface area contributed by atoms with Crippen LogP contribution < -0.4 is 0 Å². The molecular weight excluding hydrogens is 296 g/mol. The SMILES string of the molecule is Cc1ccc(C(C2=C(O)CCCC2=O)C2C(=O)CCCC2=O)o1. The van der Waals surface area contributed by atoms with E-state index in [0.717, 1.165) is 0 Å². The molecule has 122 valence electrons. The molecule has 0 amide bonds. The standard InChI is InChI=1S/C18H20O5/c1-10-8-9-15(23-10)18(16-11(19)4-2-5-12(16)20)17-13(21)6-3-7-14(17)22/h8-9,16,18,21H,2-7H2,1H3. The molecule has 0 saturated heterocycles. The van der Waals surface area contributed by atoms with Gasteiger partial charge >= 0.3 is 0 Å². The third kappa shape index (κ3) is 2.87. The molecule has 0 aromatic carbocycles. The number of hydrogen-bond donors (Lipinski definition) is 1. The fourth-order valence-electron chi connectivity index (χ4n) is 3.59. The first-order valence-corrected chi connectivity index (χ1v) is 8.06. The minimum absolute atomic E-state index is 0.00789. The number of aliphatic hydroxyl groups excluding tert-OH is 1. The second kappa shape index (κ2) is 6.14. The van der Waals surface area contributed by atoms with E-state index in [0.29, 0.717) is 50.0 Å². The maximum absolute atomic E-state index is 12.4. The fraction of sp³-hybridized carbons (Fsp3) is 0.500. The minimum Gasteiger partial charge on any atom is -0.512 e. The van der Waals surface area contributed by atoms with Gasteiger partial charge in [0.1, 0.15) is 23.1 Å². The molecule has 1 saturated carbocycles. The Morgan fingerprint density at radius 2 is 1.70 bits per heavy atom. The van der Waals surface area contributed by atoms with Crippen molar-refractivity contribution in [2.45, 2.75) is 51.4 Å².